The molecule has 6 heteroatoms. The van der Waals surface area contributed by atoms with Gasteiger partial charge in [0.2, 0.25) is 10.0 Å². The lowest BCUT2D eigenvalue weighted by molar-refractivity contribution is 0.0482. The zero-order valence-electron chi connectivity index (χ0n) is 16.0. The summed E-state index contributed by atoms with van der Waals surface area (Å²) in [5, 5.41) is 0. The molecule has 0 fully saturated rings. The van der Waals surface area contributed by atoms with Gasteiger partial charge in [0.15, 0.2) is 0 Å². The summed E-state index contributed by atoms with van der Waals surface area (Å²) >= 11 is 0. The Balaban J connectivity index is 2.39. The topological polar surface area (TPSA) is 55.8 Å². The van der Waals surface area contributed by atoms with E-state index in [1.165, 1.54) is 0 Å². The Labute approximate surface area is 152 Å². The molecule has 1 unspecified atom stereocenters. The van der Waals surface area contributed by atoms with E-state index in [9.17, 15) is 8.42 Å². The number of hydrogen-bond donors (Lipinski definition) is 0. The van der Waals surface area contributed by atoms with Gasteiger partial charge in [0.1, 0.15) is 11.4 Å². The maximum absolute atomic E-state index is 12.8. The Morgan fingerprint density at radius 2 is 2.04 bits per heavy atom. The van der Waals surface area contributed by atoms with Crippen molar-refractivity contribution in [2.75, 3.05) is 25.5 Å². The molecule has 1 aromatic rings. The largest absolute Gasteiger partial charge is 0.487 e. The van der Waals surface area contributed by atoms with E-state index in [0.29, 0.717) is 32.6 Å². The van der Waals surface area contributed by atoms with E-state index in [1.807, 2.05) is 39.8 Å². The summed E-state index contributed by atoms with van der Waals surface area (Å²) in [5.74, 6) is 0.883. The van der Waals surface area contributed by atoms with Gasteiger partial charge in [-0.2, -0.15) is 4.31 Å². The van der Waals surface area contributed by atoms with Crippen LogP contribution in [0.4, 0.5) is 0 Å². The number of rotatable bonds is 8. The Bertz CT molecular complexity index is 685. The molecule has 0 saturated carbocycles. The Morgan fingerprint density at radius 3 is 2.68 bits per heavy atom. The number of benzene rings is 1. The van der Waals surface area contributed by atoms with Crippen LogP contribution in [0.3, 0.4) is 0 Å². The number of hydrogen-bond acceptors (Lipinski definition) is 4. The van der Waals surface area contributed by atoms with E-state index in [1.54, 1.807) is 11.2 Å². The highest BCUT2D eigenvalue weighted by atomic mass is 32.2. The number of ether oxygens (including phenoxy) is 2. The zero-order chi connectivity index (χ0) is 18.7. The molecule has 1 aliphatic rings. The second-order valence-corrected chi connectivity index (χ2v) is 9.39. The monoisotopic (exact) mass is 369 g/mol. The van der Waals surface area contributed by atoms with Crippen molar-refractivity contribution in [1.82, 2.24) is 4.31 Å². The van der Waals surface area contributed by atoms with Gasteiger partial charge in [-0.25, -0.2) is 8.42 Å². The first-order valence-electron chi connectivity index (χ1n) is 9.07. The van der Waals surface area contributed by atoms with E-state index in [0.717, 1.165) is 16.9 Å². The smallest absolute Gasteiger partial charge is 0.214 e. The van der Waals surface area contributed by atoms with Crippen LogP contribution in [-0.4, -0.2) is 43.8 Å². The van der Waals surface area contributed by atoms with Crippen LogP contribution < -0.4 is 4.74 Å². The molecule has 5 nitrogen and oxygen atoms in total. The summed E-state index contributed by atoms with van der Waals surface area (Å²) in [5.41, 5.74) is 1.66. The lowest BCUT2D eigenvalue weighted by Crippen LogP contribution is -2.44. The summed E-state index contributed by atoms with van der Waals surface area (Å²) < 4.78 is 38.8. The molecule has 0 aliphatic carbocycles. The third-order valence-electron chi connectivity index (χ3n) is 4.54. The standard InChI is InChI=1S/C19H31NO4S/c1-6-23-12-8-11-20(25(21,22)7-2)17-14-19(4,5)24-18-10-9-15(3)13-16(17)18/h9-10,13,17H,6-8,11-12,14H2,1-5H3. The molecule has 142 valence electrons. The van der Waals surface area contributed by atoms with Gasteiger partial charge in [-0.05, 0) is 47.1 Å². The van der Waals surface area contributed by atoms with Crippen LogP contribution in [0.5, 0.6) is 5.75 Å². The quantitative estimate of drug-likeness (QED) is 0.656. The molecular weight excluding hydrogens is 338 g/mol. The molecule has 1 heterocycles. The van der Waals surface area contributed by atoms with Gasteiger partial charge >= 0.3 is 0 Å². The molecule has 1 aromatic carbocycles. The lowest BCUT2D eigenvalue weighted by Gasteiger charge is -2.42. The number of sulfonamides is 1. The molecule has 0 aromatic heterocycles. The van der Waals surface area contributed by atoms with E-state index in [4.69, 9.17) is 9.47 Å². The predicted octanol–water partition coefficient (Wildman–Crippen LogP) is 3.68. The second kappa shape index (κ2) is 8.06. The van der Waals surface area contributed by atoms with Crippen LogP contribution in [0.2, 0.25) is 0 Å². The predicted molar refractivity (Wildman–Crippen MR) is 101 cm³/mol. The van der Waals surface area contributed by atoms with Crippen LogP contribution in [-0.2, 0) is 14.8 Å². The summed E-state index contributed by atoms with van der Waals surface area (Å²) in [6.45, 7) is 11.4. The second-order valence-electron chi connectivity index (χ2n) is 7.18. The molecule has 2 rings (SSSR count). The first kappa shape index (κ1) is 20.2. The van der Waals surface area contributed by atoms with Crippen LogP contribution in [0.1, 0.15) is 57.7 Å². The molecule has 0 N–H and O–H groups in total. The first-order valence-corrected chi connectivity index (χ1v) is 10.7. The normalized spacial score (nSPS) is 19.5. The Kier molecular flexibility index (Phi) is 6.51. The minimum absolute atomic E-state index is 0.0978. The fourth-order valence-corrected chi connectivity index (χ4v) is 4.63. The third-order valence-corrected chi connectivity index (χ3v) is 6.42. The van der Waals surface area contributed by atoms with Crippen molar-refractivity contribution in [2.45, 2.75) is 59.1 Å². The Hall–Kier alpha value is -1.11. The van der Waals surface area contributed by atoms with E-state index < -0.39 is 15.6 Å². The summed E-state index contributed by atoms with van der Waals surface area (Å²) in [6.07, 6.45) is 1.32. The van der Waals surface area contributed by atoms with Gasteiger partial charge in [0.05, 0.1) is 11.8 Å². The highest BCUT2D eigenvalue weighted by Gasteiger charge is 2.40. The average Bonchev–Trinajstić information content (AvgIpc) is 2.54. The Morgan fingerprint density at radius 1 is 1.32 bits per heavy atom. The van der Waals surface area contributed by atoms with E-state index in [-0.39, 0.29) is 11.8 Å². The fourth-order valence-electron chi connectivity index (χ4n) is 3.31. The zero-order valence-corrected chi connectivity index (χ0v) is 16.9. The summed E-state index contributed by atoms with van der Waals surface area (Å²) in [7, 11) is -3.33. The van der Waals surface area contributed by atoms with Crippen molar-refractivity contribution < 1.29 is 17.9 Å². The molecule has 25 heavy (non-hydrogen) atoms. The van der Waals surface area contributed by atoms with E-state index >= 15 is 0 Å². The molecule has 0 bridgehead atoms. The van der Waals surface area contributed by atoms with Gasteiger partial charge in [0.25, 0.3) is 0 Å². The SMILES string of the molecule is CCOCCCN(C1CC(C)(C)Oc2ccc(C)cc21)S(=O)(=O)CC. The van der Waals surface area contributed by atoms with Crippen LogP contribution in [0, 0.1) is 6.92 Å². The van der Waals surface area contributed by atoms with Gasteiger partial charge in [-0.3, -0.25) is 0 Å². The van der Waals surface area contributed by atoms with Crippen molar-refractivity contribution in [3.05, 3.63) is 29.3 Å². The summed E-state index contributed by atoms with van der Waals surface area (Å²) in [4.78, 5) is 0. The molecule has 1 aliphatic heterocycles. The molecule has 0 radical (unpaired) electrons. The number of fused-ring (bicyclic) bond motifs is 1. The number of nitrogens with zero attached hydrogens (tertiary/aromatic N) is 1. The minimum atomic E-state index is -3.33. The van der Waals surface area contributed by atoms with Crippen LogP contribution in [0.15, 0.2) is 18.2 Å². The van der Waals surface area contributed by atoms with Gasteiger partial charge in [0, 0.05) is 31.7 Å². The molecule has 0 amide bonds. The molecular formula is C19H31NO4S. The maximum atomic E-state index is 12.8. The fraction of sp³-hybridized carbons (Fsp3) is 0.684. The van der Waals surface area contributed by atoms with Crippen molar-refractivity contribution in [3.8, 4) is 5.75 Å². The van der Waals surface area contributed by atoms with Gasteiger partial charge in [-0.15, -0.1) is 0 Å². The third kappa shape index (κ3) is 4.96. The minimum Gasteiger partial charge on any atom is -0.487 e. The maximum Gasteiger partial charge on any atom is 0.214 e. The molecule has 0 spiro atoms. The van der Waals surface area contributed by atoms with Gasteiger partial charge in [-0.1, -0.05) is 17.7 Å². The van der Waals surface area contributed by atoms with Crippen molar-refractivity contribution in [1.29, 1.82) is 0 Å². The molecule has 1 atom stereocenters. The number of aryl methyl sites for hydroxylation is 1. The van der Waals surface area contributed by atoms with Crippen LogP contribution >= 0.6 is 0 Å². The van der Waals surface area contributed by atoms with Gasteiger partial charge < -0.3 is 9.47 Å². The highest BCUT2D eigenvalue weighted by molar-refractivity contribution is 7.89. The average molecular weight is 370 g/mol. The van der Waals surface area contributed by atoms with E-state index in [2.05, 4.69) is 6.07 Å². The van der Waals surface area contributed by atoms with Crippen molar-refractivity contribution in [2.24, 2.45) is 0 Å². The first-order chi connectivity index (χ1) is 11.7. The summed E-state index contributed by atoms with van der Waals surface area (Å²) in [6, 6.07) is 5.81. The van der Waals surface area contributed by atoms with Crippen molar-refractivity contribution in [3.63, 3.8) is 0 Å². The van der Waals surface area contributed by atoms with Crippen LogP contribution in [0.25, 0.3) is 0 Å². The lowest BCUT2D eigenvalue weighted by atomic mass is 9.89. The highest BCUT2D eigenvalue weighted by Crippen LogP contribution is 2.43. The van der Waals surface area contributed by atoms with Crippen molar-refractivity contribution >= 4 is 10.0 Å². The molecule has 0 saturated heterocycles.